The van der Waals surface area contributed by atoms with Crippen LogP contribution in [0.1, 0.15) is 11.3 Å². The van der Waals surface area contributed by atoms with Crippen molar-refractivity contribution in [3.8, 4) is 33.9 Å². The lowest BCUT2D eigenvalue weighted by Gasteiger charge is -2.17. The van der Waals surface area contributed by atoms with E-state index in [0.29, 0.717) is 10.8 Å². The Balaban J connectivity index is 1.76. The lowest BCUT2D eigenvalue weighted by molar-refractivity contribution is -0.140. The maximum atomic E-state index is 13.8. The summed E-state index contributed by atoms with van der Waals surface area (Å²) in [5.41, 5.74) is 5.12. The lowest BCUT2D eigenvalue weighted by atomic mass is 9.96. The van der Waals surface area contributed by atoms with Gasteiger partial charge in [-0.25, -0.2) is 9.97 Å². The normalized spacial score (nSPS) is 11.4. The molecule has 0 spiro atoms. The van der Waals surface area contributed by atoms with Crippen molar-refractivity contribution < 1.29 is 23.0 Å². The number of ether oxygens (including phenoxy) is 1. The number of anilines is 1. The first-order valence-electron chi connectivity index (χ1n) is 9.73. The zero-order valence-electron chi connectivity index (χ0n) is 17.0. The van der Waals surface area contributed by atoms with Crippen molar-refractivity contribution in [2.45, 2.75) is 12.8 Å². The molecule has 0 aliphatic carbocycles. The number of alkyl halides is 3. The van der Waals surface area contributed by atoms with Gasteiger partial charge in [0.25, 0.3) is 0 Å². The van der Waals surface area contributed by atoms with Crippen LogP contribution >= 0.6 is 11.6 Å². The number of hydrogen-bond donors (Lipinski definition) is 2. The summed E-state index contributed by atoms with van der Waals surface area (Å²) in [6, 6.07) is 19.2. The average Bonchev–Trinajstić information content (AvgIpc) is 2.77. The van der Waals surface area contributed by atoms with Gasteiger partial charge in [0.1, 0.15) is 18.1 Å². The van der Waals surface area contributed by atoms with Crippen LogP contribution in [0.2, 0.25) is 5.02 Å². The van der Waals surface area contributed by atoms with E-state index in [-0.39, 0.29) is 34.7 Å². The lowest BCUT2D eigenvalue weighted by Crippen LogP contribution is -2.14. The number of phenols is 1. The van der Waals surface area contributed by atoms with E-state index < -0.39 is 17.8 Å². The molecule has 1 heterocycles. The Bertz CT molecular complexity index is 1300. The molecule has 0 fully saturated rings. The zero-order valence-corrected chi connectivity index (χ0v) is 17.7. The van der Waals surface area contributed by atoms with Crippen molar-refractivity contribution in [1.82, 2.24) is 9.97 Å². The summed E-state index contributed by atoms with van der Waals surface area (Å²) in [6.07, 6.45) is -4.79. The van der Waals surface area contributed by atoms with E-state index in [9.17, 15) is 18.3 Å². The maximum Gasteiger partial charge on any atom is 0.434 e. The Morgan fingerprint density at radius 3 is 2.36 bits per heavy atom. The number of hydrogen-bond acceptors (Lipinski definition) is 5. The van der Waals surface area contributed by atoms with Crippen LogP contribution in [0.15, 0.2) is 72.8 Å². The quantitative estimate of drug-likeness (QED) is 0.354. The van der Waals surface area contributed by atoms with Crippen LogP contribution in [0.3, 0.4) is 0 Å². The molecule has 4 rings (SSSR count). The highest BCUT2D eigenvalue weighted by molar-refractivity contribution is 6.30. The maximum absolute atomic E-state index is 13.8. The summed E-state index contributed by atoms with van der Waals surface area (Å²) >= 11 is 5.97. The van der Waals surface area contributed by atoms with Gasteiger partial charge in [0.2, 0.25) is 5.95 Å². The summed E-state index contributed by atoms with van der Waals surface area (Å²) in [6.45, 7) is 0.188. The molecule has 33 heavy (non-hydrogen) atoms. The molecule has 4 aromatic rings. The van der Waals surface area contributed by atoms with Gasteiger partial charge in [-0.1, -0.05) is 54.1 Å². The molecule has 0 amide bonds. The number of halogens is 4. The average molecular weight is 472 g/mol. The van der Waals surface area contributed by atoms with Crippen LogP contribution in [0.5, 0.6) is 11.5 Å². The molecule has 1 aromatic heterocycles. The molecule has 0 saturated heterocycles. The van der Waals surface area contributed by atoms with Crippen molar-refractivity contribution in [2.75, 3.05) is 5.73 Å². The Hall–Kier alpha value is -3.78. The molecule has 0 radical (unpaired) electrons. The highest BCUT2D eigenvalue weighted by Crippen LogP contribution is 2.43. The standard InChI is InChI=1S/C24H17ClF3N3O2/c25-16-8-4-5-14(11-16)13-33-17-9-10-18(19(32)12-17)21-20(15-6-2-1-3-7-15)22(24(26,27)28)31-23(29)30-21/h1-12,32H,13H2,(H2,29,30,31). The number of aromatic nitrogens is 2. The van der Waals surface area contributed by atoms with E-state index in [1.807, 2.05) is 6.07 Å². The number of nitrogens with zero attached hydrogens (tertiary/aromatic N) is 2. The molecule has 3 aromatic carbocycles. The SMILES string of the molecule is Nc1nc(-c2ccc(OCc3cccc(Cl)c3)cc2O)c(-c2ccccc2)c(C(F)(F)F)n1. The first-order chi connectivity index (χ1) is 15.7. The molecule has 5 nitrogen and oxygen atoms in total. The second-order valence-corrected chi connectivity index (χ2v) is 7.55. The Labute approximate surface area is 192 Å². The molecule has 0 aliphatic rings. The van der Waals surface area contributed by atoms with Gasteiger partial charge in [-0.2, -0.15) is 13.2 Å². The summed E-state index contributed by atoms with van der Waals surface area (Å²) < 4.78 is 47.2. The minimum Gasteiger partial charge on any atom is -0.507 e. The summed E-state index contributed by atoms with van der Waals surface area (Å²) in [4.78, 5) is 7.49. The highest BCUT2D eigenvalue weighted by Gasteiger charge is 2.38. The molecule has 9 heteroatoms. The number of nitrogen functional groups attached to an aromatic ring is 1. The minimum atomic E-state index is -4.79. The highest BCUT2D eigenvalue weighted by atomic mass is 35.5. The van der Waals surface area contributed by atoms with E-state index in [4.69, 9.17) is 22.1 Å². The Morgan fingerprint density at radius 1 is 0.939 bits per heavy atom. The van der Waals surface area contributed by atoms with Crippen LogP contribution in [0, 0.1) is 0 Å². The summed E-state index contributed by atoms with van der Waals surface area (Å²) in [5.74, 6) is -0.560. The third kappa shape index (κ3) is 5.01. The van der Waals surface area contributed by atoms with E-state index in [2.05, 4.69) is 9.97 Å². The van der Waals surface area contributed by atoms with Crippen LogP contribution in [0.4, 0.5) is 19.1 Å². The number of aromatic hydroxyl groups is 1. The molecule has 0 saturated carbocycles. The van der Waals surface area contributed by atoms with Gasteiger partial charge in [0.15, 0.2) is 5.69 Å². The van der Waals surface area contributed by atoms with Gasteiger partial charge in [-0.3, -0.25) is 0 Å². The monoisotopic (exact) mass is 471 g/mol. The molecule has 168 valence electrons. The van der Waals surface area contributed by atoms with Gasteiger partial charge < -0.3 is 15.6 Å². The minimum absolute atomic E-state index is 0.0589. The van der Waals surface area contributed by atoms with Crippen molar-refractivity contribution in [3.05, 3.63) is 89.1 Å². The predicted octanol–water partition coefficient (Wildman–Crippen LogP) is 6.35. The van der Waals surface area contributed by atoms with Crippen molar-refractivity contribution in [3.63, 3.8) is 0 Å². The molecule has 0 aliphatic heterocycles. The van der Waals surface area contributed by atoms with Crippen LogP contribution < -0.4 is 10.5 Å². The van der Waals surface area contributed by atoms with Crippen LogP contribution in [-0.4, -0.2) is 15.1 Å². The van der Waals surface area contributed by atoms with Crippen LogP contribution in [-0.2, 0) is 12.8 Å². The van der Waals surface area contributed by atoms with Gasteiger partial charge >= 0.3 is 6.18 Å². The van der Waals surface area contributed by atoms with Gasteiger partial charge in [-0.15, -0.1) is 0 Å². The van der Waals surface area contributed by atoms with E-state index in [1.54, 1.807) is 36.4 Å². The first-order valence-corrected chi connectivity index (χ1v) is 10.1. The number of rotatable bonds is 5. The second-order valence-electron chi connectivity index (χ2n) is 7.12. The third-order valence-electron chi connectivity index (χ3n) is 4.78. The van der Waals surface area contributed by atoms with Gasteiger partial charge in [0.05, 0.1) is 5.69 Å². The Kier molecular flexibility index (Phi) is 6.11. The van der Waals surface area contributed by atoms with E-state index >= 15 is 0 Å². The van der Waals surface area contributed by atoms with E-state index in [0.717, 1.165) is 5.56 Å². The number of benzene rings is 3. The van der Waals surface area contributed by atoms with Gasteiger partial charge in [0, 0.05) is 22.2 Å². The summed E-state index contributed by atoms with van der Waals surface area (Å²) in [5, 5.41) is 11.2. The van der Waals surface area contributed by atoms with Crippen LogP contribution in [0.25, 0.3) is 22.4 Å². The third-order valence-corrected chi connectivity index (χ3v) is 5.01. The largest absolute Gasteiger partial charge is 0.507 e. The van der Waals surface area contributed by atoms with Crippen molar-refractivity contribution >= 4 is 17.5 Å². The fourth-order valence-electron chi connectivity index (χ4n) is 3.35. The molecule has 0 atom stereocenters. The molecule has 0 unspecified atom stereocenters. The van der Waals surface area contributed by atoms with E-state index in [1.165, 1.54) is 30.3 Å². The molecule has 3 N–H and O–H groups in total. The molecule has 0 bridgehead atoms. The zero-order chi connectivity index (χ0) is 23.6. The van der Waals surface area contributed by atoms with Crippen molar-refractivity contribution in [2.24, 2.45) is 0 Å². The fraction of sp³-hybridized carbons (Fsp3) is 0.0833. The van der Waals surface area contributed by atoms with Crippen molar-refractivity contribution in [1.29, 1.82) is 0 Å². The first kappa shape index (κ1) is 22.4. The predicted molar refractivity (Wildman–Crippen MR) is 120 cm³/mol. The number of nitrogens with two attached hydrogens (primary N) is 1. The molecular formula is C24H17ClF3N3O2. The smallest absolute Gasteiger partial charge is 0.434 e. The fourth-order valence-corrected chi connectivity index (χ4v) is 3.56. The second kappa shape index (κ2) is 8.99. The molecular weight excluding hydrogens is 455 g/mol. The summed E-state index contributed by atoms with van der Waals surface area (Å²) in [7, 11) is 0. The Morgan fingerprint density at radius 2 is 1.70 bits per heavy atom. The number of phenolic OH excluding ortho intramolecular Hbond substituents is 1. The van der Waals surface area contributed by atoms with Gasteiger partial charge in [-0.05, 0) is 35.4 Å². The topological polar surface area (TPSA) is 81.3 Å².